The summed E-state index contributed by atoms with van der Waals surface area (Å²) in [6.45, 7) is 4.53. The van der Waals surface area contributed by atoms with Gasteiger partial charge in [-0.2, -0.15) is 0 Å². The standard InChI is InChI=1S/C26H26FN3O3/c27-20-8-11-24-25(16-20)33-28-26(24)19-6-9-23(10-7-19)32-18-22(31)17-29-12-14-30(15-13-29)21-4-2-1-3-5-21/h1-11,16,22,31H,12-15,17-18H2/t22-/m1/s1. The first-order chi connectivity index (χ1) is 16.2. The second-order valence-corrected chi connectivity index (χ2v) is 8.28. The van der Waals surface area contributed by atoms with Crippen LogP contribution in [0.4, 0.5) is 10.1 Å². The molecule has 1 aliphatic heterocycles. The van der Waals surface area contributed by atoms with Crippen LogP contribution in [0.1, 0.15) is 0 Å². The van der Waals surface area contributed by atoms with E-state index in [-0.39, 0.29) is 12.4 Å². The van der Waals surface area contributed by atoms with Crippen LogP contribution in [0.15, 0.2) is 77.3 Å². The van der Waals surface area contributed by atoms with Crippen LogP contribution >= 0.6 is 0 Å². The third-order valence-corrected chi connectivity index (χ3v) is 5.97. The number of nitrogens with zero attached hydrogens (tertiary/aromatic N) is 3. The molecule has 0 saturated carbocycles. The van der Waals surface area contributed by atoms with Crippen molar-refractivity contribution in [1.82, 2.24) is 10.1 Å². The molecular weight excluding hydrogens is 421 g/mol. The molecule has 0 aliphatic carbocycles. The second kappa shape index (κ2) is 9.60. The number of rotatable bonds is 7. The molecular formula is C26H26FN3O3. The minimum atomic E-state index is -0.567. The molecule has 1 atom stereocenters. The average Bonchev–Trinajstić information content (AvgIpc) is 3.27. The molecule has 6 nitrogen and oxygen atoms in total. The lowest BCUT2D eigenvalue weighted by Gasteiger charge is -2.36. The summed E-state index contributed by atoms with van der Waals surface area (Å²) in [5, 5.41) is 15.3. The van der Waals surface area contributed by atoms with Crippen molar-refractivity contribution in [3.8, 4) is 17.0 Å². The molecule has 0 bridgehead atoms. The molecule has 0 spiro atoms. The van der Waals surface area contributed by atoms with Gasteiger partial charge in [-0.15, -0.1) is 0 Å². The Kier molecular flexibility index (Phi) is 6.24. The number of ether oxygens (including phenoxy) is 1. The van der Waals surface area contributed by atoms with Gasteiger partial charge in [0.1, 0.15) is 30.0 Å². The van der Waals surface area contributed by atoms with Crippen molar-refractivity contribution in [2.45, 2.75) is 6.10 Å². The highest BCUT2D eigenvalue weighted by molar-refractivity contribution is 5.91. The fraction of sp³-hybridized carbons (Fsp3) is 0.269. The van der Waals surface area contributed by atoms with E-state index in [0.717, 1.165) is 37.1 Å². The first kappa shape index (κ1) is 21.4. The lowest BCUT2D eigenvalue weighted by Crippen LogP contribution is -2.49. The summed E-state index contributed by atoms with van der Waals surface area (Å²) in [6, 6.07) is 22.2. The molecule has 7 heteroatoms. The van der Waals surface area contributed by atoms with Gasteiger partial charge in [0.2, 0.25) is 0 Å². The van der Waals surface area contributed by atoms with Crippen LogP contribution < -0.4 is 9.64 Å². The number of para-hydroxylation sites is 1. The van der Waals surface area contributed by atoms with Crippen LogP contribution in [0, 0.1) is 5.82 Å². The van der Waals surface area contributed by atoms with Crippen molar-refractivity contribution in [1.29, 1.82) is 0 Å². The Morgan fingerprint density at radius 3 is 2.48 bits per heavy atom. The second-order valence-electron chi connectivity index (χ2n) is 8.28. The smallest absolute Gasteiger partial charge is 0.170 e. The predicted molar refractivity (Wildman–Crippen MR) is 126 cm³/mol. The first-order valence-electron chi connectivity index (χ1n) is 11.1. The number of anilines is 1. The van der Waals surface area contributed by atoms with Crippen LogP contribution in [-0.4, -0.2) is 60.6 Å². The Bertz CT molecular complexity index is 1190. The molecule has 1 saturated heterocycles. The molecule has 3 aromatic carbocycles. The van der Waals surface area contributed by atoms with Gasteiger partial charge in [-0.1, -0.05) is 23.4 Å². The van der Waals surface area contributed by atoms with Gasteiger partial charge in [-0.3, -0.25) is 4.90 Å². The molecule has 33 heavy (non-hydrogen) atoms. The number of halogens is 1. The van der Waals surface area contributed by atoms with Gasteiger partial charge in [0, 0.05) is 55.4 Å². The van der Waals surface area contributed by atoms with E-state index in [1.807, 2.05) is 30.3 Å². The topological polar surface area (TPSA) is 62.0 Å². The van der Waals surface area contributed by atoms with Crippen LogP contribution in [-0.2, 0) is 0 Å². The normalized spacial score (nSPS) is 15.6. The number of hydrogen-bond acceptors (Lipinski definition) is 6. The maximum absolute atomic E-state index is 13.4. The van der Waals surface area contributed by atoms with Gasteiger partial charge < -0.3 is 19.3 Å². The Morgan fingerprint density at radius 2 is 1.73 bits per heavy atom. The average molecular weight is 448 g/mol. The highest BCUT2D eigenvalue weighted by atomic mass is 19.1. The van der Waals surface area contributed by atoms with Gasteiger partial charge in [-0.05, 0) is 48.5 Å². The Balaban J connectivity index is 1.11. The highest BCUT2D eigenvalue weighted by Gasteiger charge is 2.20. The molecule has 1 aromatic heterocycles. The molecule has 2 heterocycles. The predicted octanol–water partition coefficient (Wildman–Crippen LogP) is 4.20. The molecule has 5 rings (SSSR count). The van der Waals surface area contributed by atoms with Crippen molar-refractivity contribution in [3.63, 3.8) is 0 Å². The fourth-order valence-electron chi connectivity index (χ4n) is 4.20. The summed E-state index contributed by atoms with van der Waals surface area (Å²) in [4.78, 5) is 4.64. The summed E-state index contributed by atoms with van der Waals surface area (Å²) in [5.74, 6) is 0.316. The van der Waals surface area contributed by atoms with Crippen molar-refractivity contribution in [2.24, 2.45) is 0 Å². The molecule has 0 amide bonds. The van der Waals surface area contributed by atoms with E-state index in [1.165, 1.54) is 17.8 Å². The number of aliphatic hydroxyl groups excluding tert-OH is 1. The third-order valence-electron chi connectivity index (χ3n) is 5.97. The first-order valence-corrected chi connectivity index (χ1v) is 11.1. The zero-order valence-corrected chi connectivity index (χ0v) is 18.2. The third kappa shape index (κ3) is 4.99. The quantitative estimate of drug-likeness (QED) is 0.458. The number of piperazine rings is 1. The maximum Gasteiger partial charge on any atom is 0.170 e. The van der Waals surface area contributed by atoms with E-state index in [1.54, 1.807) is 6.07 Å². The van der Waals surface area contributed by atoms with Gasteiger partial charge >= 0.3 is 0 Å². The van der Waals surface area contributed by atoms with Crippen LogP contribution in [0.2, 0.25) is 0 Å². The van der Waals surface area contributed by atoms with E-state index in [4.69, 9.17) is 9.26 Å². The number of aliphatic hydroxyl groups is 1. The Morgan fingerprint density at radius 1 is 0.970 bits per heavy atom. The van der Waals surface area contributed by atoms with Crippen LogP contribution in [0.25, 0.3) is 22.2 Å². The summed E-state index contributed by atoms with van der Waals surface area (Å²) in [5.41, 5.74) is 3.17. The minimum Gasteiger partial charge on any atom is -0.491 e. The number of aromatic nitrogens is 1. The molecule has 0 radical (unpaired) electrons. The van der Waals surface area contributed by atoms with Crippen molar-refractivity contribution >= 4 is 16.7 Å². The summed E-state index contributed by atoms with van der Waals surface area (Å²) >= 11 is 0. The van der Waals surface area contributed by atoms with Gasteiger partial charge in [0.15, 0.2) is 5.58 Å². The van der Waals surface area contributed by atoms with Crippen molar-refractivity contribution < 1.29 is 18.8 Å². The Labute approximate surface area is 191 Å². The van der Waals surface area contributed by atoms with Crippen LogP contribution in [0.3, 0.4) is 0 Å². The van der Waals surface area contributed by atoms with E-state index in [9.17, 15) is 9.50 Å². The number of β-amino-alcohol motifs (C(OH)–C–C–N with tert-alkyl or cyclic N) is 1. The lowest BCUT2D eigenvalue weighted by atomic mass is 10.1. The lowest BCUT2D eigenvalue weighted by molar-refractivity contribution is 0.0663. The van der Waals surface area contributed by atoms with Gasteiger partial charge in [0.05, 0.1) is 0 Å². The number of hydrogen-bond donors (Lipinski definition) is 1. The van der Waals surface area contributed by atoms with Crippen LogP contribution in [0.5, 0.6) is 5.75 Å². The monoisotopic (exact) mass is 447 g/mol. The highest BCUT2D eigenvalue weighted by Crippen LogP contribution is 2.29. The summed E-state index contributed by atoms with van der Waals surface area (Å²) in [7, 11) is 0. The minimum absolute atomic E-state index is 0.227. The molecule has 1 aliphatic rings. The number of benzene rings is 3. The van der Waals surface area contributed by atoms with E-state index >= 15 is 0 Å². The zero-order valence-electron chi connectivity index (χ0n) is 18.2. The maximum atomic E-state index is 13.4. The van der Waals surface area contributed by atoms with Gasteiger partial charge in [0.25, 0.3) is 0 Å². The summed E-state index contributed by atoms with van der Waals surface area (Å²) in [6.07, 6.45) is -0.567. The molecule has 170 valence electrons. The fourth-order valence-corrected chi connectivity index (χ4v) is 4.20. The van der Waals surface area contributed by atoms with Crippen molar-refractivity contribution in [3.05, 3.63) is 78.6 Å². The Hall–Kier alpha value is -3.42. The van der Waals surface area contributed by atoms with E-state index in [0.29, 0.717) is 23.6 Å². The molecule has 1 N–H and O–H groups in total. The molecule has 4 aromatic rings. The molecule has 0 unspecified atom stereocenters. The molecule has 1 fully saturated rings. The van der Waals surface area contributed by atoms with Crippen molar-refractivity contribution in [2.75, 3.05) is 44.2 Å². The summed E-state index contributed by atoms with van der Waals surface area (Å²) < 4.78 is 24.4. The van der Waals surface area contributed by atoms with E-state index in [2.05, 4.69) is 39.2 Å². The SMILES string of the molecule is O[C@@H](COc1ccc(-c2noc3cc(F)ccc23)cc1)CN1CCN(c2ccccc2)CC1. The largest absolute Gasteiger partial charge is 0.491 e. The van der Waals surface area contributed by atoms with Gasteiger partial charge in [-0.25, -0.2) is 4.39 Å². The number of fused-ring (bicyclic) bond motifs is 1. The van der Waals surface area contributed by atoms with E-state index < -0.39 is 6.10 Å². The zero-order chi connectivity index (χ0) is 22.6.